The average molecular weight is 540 g/mol. The lowest BCUT2D eigenvalue weighted by molar-refractivity contribution is -0.384. The molecule has 0 spiro atoms. The van der Waals surface area contributed by atoms with Crippen LogP contribution in [0.15, 0.2) is 50.4 Å². The van der Waals surface area contributed by atoms with Crippen molar-refractivity contribution in [3.05, 3.63) is 66.6 Å². The van der Waals surface area contributed by atoms with E-state index in [1.807, 2.05) is 0 Å². The molecule has 3 rings (SSSR count). The van der Waals surface area contributed by atoms with Crippen molar-refractivity contribution >= 4 is 49.7 Å². The zero-order valence-corrected chi connectivity index (χ0v) is 19.1. The Bertz CT molecular complexity index is 958. The molecular formula is C20H20Br2N4O4. The Morgan fingerprint density at radius 3 is 2.57 bits per heavy atom. The molecule has 1 saturated heterocycles. The van der Waals surface area contributed by atoms with E-state index in [0.29, 0.717) is 29.4 Å². The number of benzene rings is 2. The molecule has 1 fully saturated rings. The van der Waals surface area contributed by atoms with Gasteiger partial charge in [-0.15, -0.1) is 0 Å². The molecule has 8 nitrogen and oxygen atoms in total. The number of likely N-dealkylation sites (tertiary alicyclic amines) is 1. The van der Waals surface area contributed by atoms with Crippen molar-refractivity contribution < 1.29 is 14.8 Å². The number of nitrogens with zero attached hydrogens (tertiary/aromatic N) is 3. The van der Waals surface area contributed by atoms with Crippen molar-refractivity contribution in [3.8, 4) is 5.75 Å². The highest BCUT2D eigenvalue weighted by Gasteiger charge is 2.25. The number of non-ortho nitro benzene ring substituents is 1. The highest BCUT2D eigenvalue weighted by molar-refractivity contribution is 9.11. The van der Waals surface area contributed by atoms with Crippen LogP contribution < -0.4 is 5.43 Å². The molecule has 0 saturated carbocycles. The van der Waals surface area contributed by atoms with Gasteiger partial charge in [-0.3, -0.25) is 19.8 Å². The molecule has 0 bridgehead atoms. The first-order valence-corrected chi connectivity index (χ1v) is 10.9. The standard InChI is InChI=1S/C20H20Br2N4O4/c21-16-9-15(19(27)18(22)10-16)11-23-24-20(28)14-5-7-25(8-6-14)12-13-1-3-17(4-2-13)26(29)30/h1-4,9-11,14,27H,5-8,12H2,(H,24,28)/b23-11+. The molecule has 0 aliphatic carbocycles. The summed E-state index contributed by atoms with van der Waals surface area (Å²) in [6.07, 6.45) is 2.83. The molecule has 30 heavy (non-hydrogen) atoms. The maximum absolute atomic E-state index is 12.4. The third kappa shape index (κ3) is 5.87. The van der Waals surface area contributed by atoms with Crippen LogP contribution in [0, 0.1) is 16.0 Å². The van der Waals surface area contributed by atoms with E-state index in [1.165, 1.54) is 18.3 Å². The number of carbonyl (C=O) groups is 1. The predicted octanol–water partition coefficient (Wildman–Crippen LogP) is 4.19. The van der Waals surface area contributed by atoms with E-state index in [2.05, 4.69) is 47.3 Å². The Labute approximate surface area is 190 Å². The van der Waals surface area contributed by atoms with Crippen LogP contribution in [0.3, 0.4) is 0 Å². The fourth-order valence-corrected chi connectivity index (χ4v) is 4.53. The Kier molecular flexibility index (Phi) is 7.57. The van der Waals surface area contributed by atoms with Crippen molar-refractivity contribution in [3.63, 3.8) is 0 Å². The lowest BCUT2D eigenvalue weighted by Crippen LogP contribution is -2.39. The fourth-order valence-electron chi connectivity index (χ4n) is 3.28. The second kappa shape index (κ2) is 10.1. The number of aromatic hydroxyl groups is 1. The van der Waals surface area contributed by atoms with Crippen molar-refractivity contribution in [2.75, 3.05) is 13.1 Å². The molecule has 1 aliphatic rings. The van der Waals surface area contributed by atoms with Crippen molar-refractivity contribution in [1.82, 2.24) is 10.3 Å². The van der Waals surface area contributed by atoms with Gasteiger partial charge in [0.15, 0.2) is 0 Å². The van der Waals surface area contributed by atoms with Crippen LogP contribution in [0.1, 0.15) is 24.0 Å². The van der Waals surface area contributed by atoms with Gasteiger partial charge in [0.2, 0.25) is 5.91 Å². The zero-order valence-electron chi connectivity index (χ0n) is 15.9. The molecule has 10 heteroatoms. The third-order valence-corrected chi connectivity index (χ3v) is 6.01. The summed E-state index contributed by atoms with van der Waals surface area (Å²) >= 11 is 6.60. The van der Waals surface area contributed by atoms with Crippen molar-refractivity contribution in [2.45, 2.75) is 19.4 Å². The van der Waals surface area contributed by atoms with Gasteiger partial charge < -0.3 is 5.11 Å². The first-order chi connectivity index (χ1) is 14.3. The van der Waals surface area contributed by atoms with Gasteiger partial charge in [0.1, 0.15) is 5.75 Å². The summed E-state index contributed by atoms with van der Waals surface area (Å²) in [5.74, 6) is -0.219. The first kappa shape index (κ1) is 22.4. The number of hydrogen-bond donors (Lipinski definition) is 2. The summed E-state index contributed by atoms with van der Waals surface area (Å²) in [5.41, 5.74) is 4.12. The number of nitro benzene ring substituents is 1. The van der Waals surface area contributed by atoms with Crippen LogP contribution in [-0.4, -0.2) is 40.1 Å². The number of phenols is 1. The molecule has 0 aromatic heterocycles. The molecule has 0 radical (unpaired) electrons. The maximum atomic E-state index is 12.4. The number of rotatable bonds is 6. The lowest BCUT2D eigenvalue weighted by atomic mass is 9.96. The summed E-state index contributed by atoms with van der Waals surface area (Å²) < 4.78 is 1.31. The molecule has 2 aromatic carbocycles. The Hall–Kier alpha value is -2.30. The number of nitrogens with one attached hydrogen (secondary N) is 1. The second-order valence-corrected chi connectivity index (χ2v) is 8.80. The van der Waals surface area contributed by atoms with E-state index in [-0.39, 0.29) is 23.3 Å². The van der Waals surface area contributed by atoms with E-state index in [9.17, 15) is 20.0 Å². The number of nitro groups is 1. The molecule has 2 N–H and O–H groups in total. The van der Waals surface area contributed by atoms with Crippen LogP contribution in [-0.2, 0) is 11.3 Å². The van der Waals surface area contributed by atoms with Gasteiger partial charge in [0.25, 0.3) is 5.69 Å². The van der Waals surface area contributed by atoms with E-state index in [1.54, 1.807) is 24.3 Å². The van der Waals surface area contributed by atoms with E-state index in [4.69, 9.17) is 0 Å². The topological polar surface area (TPSA) is 108 Å². The highest BCUT2D eigenvalue weighted by Crippen LogP contribution is 2.30. The number of phenolic OH excluding ortho intramolecular Hbond substituents is 1. The van der Waals surface area contributed by atoms with Crippen molar-refractivity contribution in [2.24, 2.45) is 11.0 Å². The highest BCUT2D eigenvalue weighted by atomic mass is 79.9. The lowest BCUT2D eigenvalue weighted by Gasteiger charge is -2.30. The van der Waals surface area contributed by atoms with E-state index < -0.39 is 4.92 Å². The largest absolute Gasteiger partial charge is 0.506 e. The molecule has 1 heterocycles. The zero-order chi connectivity index (χ0) is 21.7. The predicted molar refractivity (Wildman–Crippen MR) is 120 cm³/mol. The molecule has 0 atom stereocenters. The second-order valence-electron chi connectivity index (χ2n) is 7.03. The summed E-state index contributed by atoms with van der Waals surface area (Å²) in [6.45, 7) is 2.22. The Morgan fingerprint density at radius 1 is 1.27 bits per heavy atom. The van der Waals surface area contributed by atoms with Gasteiger partial charge >= 0.3 is 0 Å². The average Bonchev–Trinajstić information content (AvgIpc) is 2.72. The number of carbonyl (C=O) groups excluding carboxylic acids is 1. The molecule has 1 amide bonds. The summed E-state index contributed by atoms with van der Waals surface area (Å²) in [6, 6.07) is 9.97. The number of amides is 1. The maximum Gasteiger partial charge on any atom is 0.269 e. The number of halogens is 2. The normalized spacial score (nSPS) is 15.4. The van der Waals surface area contributed by atoms with Gasteiger partial charge in [-0.1, -0.05) is 28.1 Å². The Balaban J connectivity index is 1.47. The molecular weight excluding hydrogens is 520 g/mol. The van der Waals surface area contributed by atoms with E-state index >= 15 is 0 Å². The van der Waals surface area contributed by atoms with Gasteiger partial charge in [-0.2, -0.15) is 5.10 Å². The quantitative estimate of drug-likeness (QED) is 0.325. The number of piperidine rings is 1. The van der Waals surface area contributed by atoms with Gasteiger partial charge in [-0.05, 0) is 59.6 Å². The van der Waals surface area contributed by atoms with Gasteiger partial charge in [-0.25, -0.2) is 5.43 Å². The number of hydrazone groups is 1. The third-order valence-electron chi connectivity index (χ3n) is 4.95. The Morgan fingerprint density at radius 2 is 1.93 bits per heavy atom. The van der Waals surface area contributed by atoms with Crippen LogP contribution in [0.5, 0.6) is 5.75 Å². The van der Waals surface area contributed by atoms with Gasteiger partial charge in [0.05, 0.1) is 15.6 Å². The minimum Gasteiger partial charge on any atom is -0.506 e. The first-order valence-electron chi connectivity index (χ1n) is 9.30. The van der Waals surface area contributed by atoms with Crippen LogP contribution in [0.4, 0.5) is 5.69 Å². The molecule has 1 aliphatic heterocycles. The van der Waals surface area contributed by atoms with Crippen LogP contribution >= 0.6 is 31.9 Å². The fraction of sp³-hybridized carbons (Fsp3) is 0.300. The summed E-state index contributed by atoms with van der Waals surface area (Å²) in [5, 5.41) is 24.7. The van der Waals surface area contributed by atoms with Crippen molar-refractivity contribution in [1.29, 1.82) is 0 Å². The minimum atomic E-state index is -0.410. The van der Waals surface area contributed by atoms with E-state index in [0.717, 1.165) is 23.1 Å². The number of hydrogen-bond acceptors (Lipinski definition) is 6. The van der Waals surface area contributed by atoms with Crippen LogP contribution in [0.25, 0.3) is 0 Å². The SMILES string of the molecule is O=C(N/N=C/c1cc(Br)cc(Br)c1O)C1CCN(Cc2ccc([N+](=O)[O-])cc2)CC1. The smallest absolute Gasteiger partial charge is 0.269 e. The molecule has 2 aromatic rings. The minimum absolute atomic E-state index is 0.0516. The molecule has 158 valence electrons. The van der Waals surface area contributed by atoms with Gasteiger partial charge in [0, 0.05) is 34.6 Å². The monoisotopic (exact) mass is 538 g/mol. The summed E-state index contributed by atoms with van der Waals surface area (Å²) in [4.78, 5) is 24.9. The molecule has 0 unspecified atom stereocenters. The van der Waals surface area contributed by atoms with Crippen LogP contribution in [0.2, 0.25) is 0 Å². The summed E-state index contributed by atoms with van der Waals surface area (Å²) in [7, 11) is 0.